The number of nitrogens with zero attached hydrogens (tertiary/aromatic N) is 2. The zero-order chi connectivity index (χ0) is 18.4. The molecule has 1 amide bonds. The molecule has 6 heteroatoms. The maximum absolute atomic E-state index is 13.3. The average molecular weight is 353 g/mol. The Bertz CT molecular complexity index is 863. The van der Waals surface area contributed by atoms with Crippen LogP contribution in [-0.2, 0) is 6.42 Å². The molecule has 0 atom stereocenters. The van der Waals surface area contributed by atoms with Gasteiger partial charge in [-0.25, -0.2) is 8.78 Å². The van der Waals surface area contributed by atoms with Gasteiger partial charge in [0.1, 0.15) is 11.6 Å². The minimum Gasteiger partial charge on any atom is -0.352 e. The van der Waals surface area contributed by atoms with Crippen LogP contribution in [0.1, 0.15) is 22.5 Å². The smallest absolute Gasteiger partial charge is 0.252 e. The second-order valence-corrected chi connectivity index (χ2v) is 5.77. The van der Waals surface area contributed by atoms with E-state index in [-0.39, 0.29) is 5.91 Å². The van der Waals surface area contributed by atoms with Crippen molar-refractivity contribution in [3.05, 3.63) is 83.8 Å². The number of benzene rings is 1. The van der Waals surface area contributed by atoms with E-state index in [1.807, 2.05) is 18.2 Å². The average Bonchev–Trinajstić information content (AvgIpc) is 2.65. The highest BCUT2D eigenvalue weighted by atomic mass is 19.1. The molecule has 132 valence electrons. The molecular weight excluding hydrogens is 336 g/mol. The second-order valence-electron chi connectivity index (χ2n) is 5.77. The molecule has 26 heavy (non-hydrogen) atoms. The Morgan fingerprint density at radius 1 is 1.00 bits per heavy atom. The molecule has 0 aliphatic carbocycles. The third-order valence-electron chi connectivity index (χ3n) is 3.81. The van der Waals surface area contributed by atoms with E-state index in [4.69, 9.17) is 0 Å². The van der Waals surface area contributed by atoms with Crippen molar-refractivity contribution in [1.82, 2.24) is 15.3 Å². The van der Waals surface area contributed by atoms with E-state index in [9.17, 15) is 13.6 Å². The van der Waals surface area contributed by atoms with Gasteiger partial charge in [0, 0.05) is 36.3 Å². The summed E-state index contributed by atoms with van der Waals surface area (Å²) >= 11 is 0. The van der Waals surface area contributed by atoms with Crippen molar-refractivity contribution in [3.8, 4) is 11.3 Å². The summed E-state index contributed by atoms with van der Waals surface area (Å²) in [6.07, 6.45) is 4.69. The summed E-state index contributed by atoms with van der Waals surface area (Å²) in [5.41, 5.74) is 2.10. The molecule has 0 aliphatic rings. The lowest BCUT2D eigenvalue weighted by Crippen LogP contribution is -2.24. The van der Waals surface area contributed by atoms with Crippen molar-refractivity contribution in [2.24, 2.45) is 0 Å². The van der Waals surface area contributed by atoms with Crippen LogP contribution in [0.2, 0.25) is 0 Å². The molecule has 0 radical (unpaired) electrons. The molecule has 0 fully saturated rings. The summed E-state index contributed by atoms with van der Waals surface area (Å²) in [6.45, 7) is 0.520. The van der Waals surface area contributed by atoms with Gasteiger partial charge in [0.15, 0.2) is 0 Å². The van der Waals surface area contributed by atoms with Crippen molar-refractivity contribution in [3.63, 3.8) is 0 Å². The van der Waals surface area contributed by atoms with E-state index in [2.05, 4.69) is 15.3 Å². The number of pyridine rings is 2. The molecule has 0 spiro atoms. The summed E-state index contributed by atoms with van der Waals surface area (Å²) in [5.74, 6) is -1.58. The molecule has 1 aromatic carbocycles. The van der Waals surface area contributed by atoms with E-state index < -0.39 is 11.6 Å². The van der Waals surface area contributed by atoms with E-state index in [0.29, 0.717) is 23.4 Å². The third kappa shape index (κ3) is 4.69. The molecule has 2 heterocycles. The van der Waals surface area contributed by atoms with Crippen LogP contribution in [0, 0.1) is 11.6 Å². The Balaban J connectivity index is 1.55. The zero-order valence-electron chi connectivity index (χ0n) is 14.0. The molecule has 0 aliphatic heterocycles. The molecule has 0 unspecified atom stereocenters. The van der Waals surface area contributed by atoms with E-state index in [0.717, 1.165) is 24.6 Å². The van der Waals surface area contributed by atoms with Gasteiger partial charge in [0.2, 0.25) is 0 Å². The Morgan fingerprint density at radius 2 is 1.81 bits per heavy atom. The molecule has 1 N–H and O–H groups in total. The van der Waals surface area contributed by atoms with Crippen LogP contribution in [0.15, 0.2) is 60.9 Å². The molecule has 0 saturated heterocycles. The Labute approximate surface area is 149 Å². The predicted molar refractivity (Wildman–Crippen MR) is 94.5 cm³/mol. The molecule has 2 aromatic heterocycles. The number of carbonyl (C=O) groups is 1. The van der Waals surface area contributed by atoms with Crippen LogP contribution in [0.25, 0.3) is 11.3 Å². The van der Waals surface area contributed by atoms with Gasteiger partial charge in [-0.1, -0.05) is 6.07 Å². The number of nitrogens with one attached hydrogen (secondary N) is 1. The van der Waals surface area contributed by atoms with Crippen molar-refractivity contribution in [1.29, 1.82) is 0 Å². The van der Waals surface area contributed by atoms with E-state index in [1.165, 1.54) is 18.3 Å². The monoisotopic (exact) mass is 353 g/mol. The molecule has 3 aromatic rings. The quantitative estimate of drug-likeness (QED) is 0.686. The fourth-order valence-electron chi connectivity index (χ4n) is 2.52. The third-order valence-corrected chi connectivity index (χ3v) is 3.81. The Hall–Kier alpha value is -3.15. The van der Waals surface area contributed by atoms with Gasteiger partial charge >= 0.3 is 0 Å². The fraction of sp³-hybridized carbons (Fsp3) is 0.150. The summed E-state index contributed by atoms with van der Waals surface area (Å²) in [7, 11) is 0. The molecule has 0 bridgehead atoms. The number of hydrogen-bond acceptors (Lipinski definition) is 3. The van der Waals surface area contributed by atoms with Gasteiger partial charge in [0.25, 0.3) is 5.91 Å². The number of amides is 1. The molecular formula is C20H17F2N3O. The van der Waals surface area contributed by atoms with Crippen LogP contribution >= 0.6 is 0 Å². The standard InChI is InChI=1S/C20H17F2N3O/c21-16-10-15(11-17(22)12-16)19-7-6-14(13-25-19)20(26)24-9-3-5-18-4-1-2-8-23-18/h1-2,4,6-8,10-13H,3,5,9H2,(H,24,26). The van der Waals surface area contributed by atoms with Crippen LogP contribution in [0.5, 0.6) is 0 Å². The first-order valence-electron chi connectivity index (χ1n) is 8.22. The summed E-state index contributed by atoms with van der Waals surface area (Å²) in [4.78, 5) is 20.5. The largest absolute Gasteiger partial charge is 0.352 e. The minimum absolute atomic E-state index is 0.240. The van der Waals surface area contributed by atoms with Crippen molar-refractivity contribution in [2.45, 2.75) is 12.8 Å². The Morgan fingerprint density at radius 3 is 2.46 bits per heavy atom. The Kier molecular flexibility index (Phi) is 5.63. The van der Waals surface area contributed by atoms with E-state index in [1.54, 1.807) is 18.3 Å². The fourth-order valence-corrected chi connectivity index (χ4v) is 2.52. The predicted octanol–water partition coefficient (Wildman–Crippen LogP) is 3.78. The number of aromatic nitrogens is 2. The highest BCUT2D eigenvalue weighted by Crippen LogP contribution is 2.19. The van der Waals surface area contributed by atoms with Crippen molar-refractivity contribution in [2.75, 3.05) is 6.54 Å². The summed E-state index contributed by atoms with van der Waals surface area (Å²) in [5, 5.41) is 2.82. The van der Waals surface area contributed by atoms with Gasteiger partial charge in [-0.05, 0) is 49.2 Å². The number of halogens is 2. The lowest BCUT2D eigenvalue weighted by atomic mass is 10.1. The number of hydrogen-bond donors (Lipinski definition) is 1. The van der Waals surface area contributed by atoms with Crippen LogP contribution < -0.4 is 5.32 Å². The van der Waals surface area contributed by atoms with Gasteiger partial charge in [-0.15, -0.1) is 0 Å². The SMILES string of the molecule is O=C(NCCCc1ccccn1)c1ccc(-c2cc(F)cc(F)c2)nc1. The van der Waals surface area contributed by atoms with Gasteiger partial charge in [0.05, 0.1) is 11.3 Å². The highest BCUT2D eigenvalue weighted by Gasteiger charge is 2.08. The second kappa shape index (κ2) is 8.29. The minimum atomic E-state index is -0.670. The zero-order valence-corrected chi connectivity index (χ0v) is 14.0. The first-order chi connectivity index (χ1) is 12.6. The van der Waals surface area contributed by atoms with Gasteiger partial charge in [-0.3, -0.25) is 14.8 Å². The first-order valence-corrected chi connectivity index (χ1v) is 8.22. The normalized spacial score (nSPS) is 10.5. The number of carbonyl (C=O) groups excluding carboxylic acids is 1. The summed E-state index contributed by atoms with van der Waals surface area (Å²) < 4.78 is 26.6. The van der Waals surface area contributed by atoms with Crippen LogP contribution in [0.3, 0.4) is 0 Å². The molecule has 4 nitrogen and oxygen atoms in total. The highest BCUT2D eigenvalue weighted by molar-refractivity contribution is 5.94. The maximum Gasteiger partial charge on any atom is 0.252 e. The number of rotatable bonds is 6. The van der Waals surface area contributed by atoms with Gasteiger partial charge < -0.3 is 5.32 Å². The first kappa shape index (κ1) is 17.7. The lowest BCUT2D eigenvalue weighted by molar-refractivity contribution is 0.0953. The maximum atomic E-state index is 13.3. The number of aryl methyl sites for hydroxylation is 1. The van der Waals surface area contributed by atoms with Crippen LogP contribution in [-0.4, -0.2) is 22.4 Å². The summed E-state index contributed by atoms with van der Waals surface area (Å²) in [6, 6.07) is 12.1. The van der Waals surface area contributed by atoms with Crippen molar-refractivity contribution >= 4 is 5.91 Å². The molecule has 0 saturated carbocycles. The van der Waals surface area contributed by atoms with Crippen molar-refractivity contribution < 1.29 is 13.6 Å². The topological polar surface area (TPSA) is 54.9 Å². The molecule has 3 rings (SSSR count). The lowest BCUT2D eigenvalue weighted by Gasteiger charge is -2.06. The van der Waals surface area contributed by atoms with E-state index >= 15 is 0 Å². The van der Waals surface area contributed by atoms with Crippen LogP contribution in [0.4, 0.5) is 8.78 Å². The van der Waals surface area contributed by atoms with Gasteiger partial charge in [-0.2, -0.15) is 0 Å².